The normalized spacial score (nSPS) is 22.0. The number of rotatable bonds is 8. The fourth-order valence-corrected chi connectivity index (χ4v) is 4.44. The molecule has 0 aromatic carbocycles. The Kier molecular flexibility index (Phi) is 6.44. The number of aromatic nitrogens is 5. The van der Waals surface area contributed by atoms with Crippen LogP contribution >= 0.6 is 0 Å². The van der Waals surface area contributed by atoms with Gasteiger partial charge in [0.2, 0.25) is 5.95 Å². The van der Waals surface area contributed by atoms with Crippen LogP contribution in [-0.4, -0.2) is 54.8 Å². The molecule has 170 valence electrons. The summed E-state index contributed by atoms with van der Waals surface area (Å²) >= 11 is 0. The molecule has 3 aromatic rings. The van der Waals surface area contributed by atoms with Crippen LogP contribution in [0.25, 0.3) is 16.6 Å². The molecular weight excluding hydrogens is 406 g/mol. The number of aryl methyl sites for hydroxylation is 1. The van der Waals surface area contributed by atoms with Crippen LogP contribution in [0.5, 0.6) is 0 Å². The Balaban J connectivity index is 1.72. The van der Waals surface area contributed by atoms with Crippen molar-refractivity contribution >= 4 is 11.5 Å². The number of methoxy groups -OCH3 is 1. The molecule has 2 N–H and O–H groups in total. The van der Waals surface area contributed by atoms with E-state index in [4.69, 9.17) is 15.1 Å². The molecule has 1 atom stereocenters. The van der Waals surface area contributed by atoms with Gasteiger partial charge in [-0.2, -0.15) is 10.4 Å². The first kappa shape index (κ1) is 22.2. The average Bonchev–Trinajstić information content (AvgIpc) is 3.37. The Morgan fingerprint density at radius 3 is 2.88 bits per heavy atom. The van der Waals surface area contributed by atoms with Crippen molar-refractivity contribution in [1.29, 1.82) is 5.26 Å². The van der Waals surface area contributed by atoms with E-state index < -0.39 is 5.60 Å². The third-order valence-corrected chi connectivity index (χ3v) is 6.21. The lowest BCUT2D eigenvalue weighted by atomic mass is 9.78. The van der Waals surface area contributed by atoms with E-state index >= 15 is 0 Å². The third kappa shape index (κ3) is 4.76. The van der Waals surface area contributed by atoms with Crippen LogP contribution < -0.4 is 5.32 Å². The van der Waals surface area contributed by atoms with Gasteiger partial charge in [0.25, 0.3) is 0 Å². The van der Waals surface area contributed by atoms with Gasteiger partial charge in [0.1, 0.15) is 0 Å². The Morgan fingerprint density at radius 1 is 1.38 bits per heavy atom. The van der Waals surface area contributed by atoms with Crippen molar-refractivity contribution in [2.75, 3.05) is 19.0 Å². The fraction of sp³-hybridized carbons (Fsp3) is 0.565. The van der Waals surface area contributed by atoms with E-state index in [9.17, 15) is 5.11 Å². The van der Waals surface area contributed by atoms with Gasteiger partial charge in [-0.05, 0) is 45.6 Å². The molecule has 32 heavy (non-hydrogen) atoms. The quantitative estimate of drug-likeness (QED) is 0.555. The van der Waals surface area contributed by atoms with Crippen molar-refractivity contribution in [2.24, 2.45) is 0 Å². The maximum atomic E-state index is 10.4. The zero-order valence-corrected chi connectivity index (χ0v) is 19.0. The van der Waals surface area contributed by atoms with E-state index in [1.165, 1.54) is 0 Å². The van der Waals surface area contributed by atoms with Gasteiger partial charge in [-0.1, -0.05) is 0 Å². The number of hydrogen-bond donors (Lipinski definition) is 2. The molecule has 1 aliphatic carbocycles. The minimum absolute atomic E-state index is 0.0825. The maximum Gasteiger partial charge on any atom is 0.241 e. The standard InChI is InChI=1S/C23H31N7O2/c1-16(15-32-3)27-22-25-13-21-19(18-12-26-29(14-18)10-4-9-24)11-20(30(21)28-22)17-5-7-23(2,31)8-6-17/h11-14,16-17,31H,4-8,10,15H2,1-3H3,(H,27,28)/t16-,17?,23?/m0/s1. The molecule has 1 fully saturated rings. The van der Waals surface area contributed by atoms with Gasteiger partial charge in [-0.25, -0.2) is 9.50 Å². The van der Waals surface area contributed by atoms with E-state index in [0.717, 1.165) is 48.0 Å². The molecule has 0 radical (unpaired) electrons. The Hall–Kier alpha value is -2.96. The largest absolute Gasteiger partial charge is 0.390 e. The van der Waals surface area contributed by atoms with Crippen molar-refractivity contribution in [3.8, 4) is 17.2 Å². The molecule has 0 aliphatic heterocycles. The van der Waals surface area contributed by atoms with Gasteiger partial charge in [-0.3, -0.25) is 4.68 Å². The number of hydrogen-bond acceptors (Lipinski definition) is 7. The highest BCUT2D eigenvalue weighted by Crippen LogP contribution is 2.40. The van der Waals surface area contributed by atoms with Gasteiger partial charge < -0.3 is 15.2 Å². The molecule has 4 rings (SSSR count). The molecule has 1 aliphatic rings. The fourth-order valence-electron chi connectivity index (χ4n) is 4.44. The smallest absolute Gasteiger partial charge is 0.241 e. The van der Waals surface area contributed by atoms with E-state index in [-0.39, 0.29) is 6.04 Å². The second-order valence-corrected chi connectivity index (χ2v) is 9.03. The summed E-state index contributed by atoms with van der Waals surface area (Å²) in [4.78, 5) is 4.54. The molecule has 9 heteroatoms. The van der Waals surface area contributed by atoms with E-state index in [0.29, 0.717) is 31.4 Å². The van der Waals surface area contributed by atoms with Gasteiger partial charge in [-0.15, -0.1) is 5.10 Å². The van der Waals surface area contributed by atoms with Crippen LogP contribution in [0.2, 0.25) is 0 Å². The number of nitrogens with one attached hydrogen (secondary N) is 1. The lowest BCUT2D eigenvalue weighted by Gasteiger charge is -2.32. The highest BCUT2D eigenvalue weighted by Gasteiger charge is 2.31. The Bertz CT molecular complexity index is 1100. The monoisotopic (exact) mass is 437 g/mol. The summed E-state index contributed by atoms with van der Waals surface area (Å²) in [6.07, 6.45) is 9.42. The van der Waals surface area contributed by atoms with Gasteiger partial charge in [0, 0.05) is 42.1 Å². The van der Waals surface area contributed by atoms with E-state index in [1.54, 1.807) is 11.8 Å². The third-order valence-electron chi connectivity index (χ3n) is 6.21. The second-order valence-electron chi connectivity index (χ2n) is 9.03. The first-order chi connectivity index (χ1) is 15.4. The number of ether oxygens (including phenoxy) is 1. The van der Waals surface area contributed by atoms with Gasteiger partial charge in [0.05, 0.1) is 49.2 Å². The zero-order chi connectivity index (χ0) is 22.7. The molecule has 0 spiro atoms. The zero-order valence-electron chi connectivity index (χ0n) is 19.0. The summed E-state index contributed by atoms with van der Waals surface area (Å²) < 4.78 is 9.00. The second kappa shape index (κ2) is 9.27. The first-order valence-corrected chi connectivity index (χ1v) is 11.2. The van der Waals surface area contributed by atoms with Crippen LogP contribution in [0.4, 0.5) is 5.95 Å². The predicted octanol–water partition coefficient (Wildman–Crippen LogP) is 3.36. The van der Waals surface area contributed by atoms with Crippen LogP contribution in [0, 0.1) is 11.3 Å². The number of anilines is 1. The molecule has 0 unspecified atom stereocenters. The molecule has 0 amide bonds. The molecule has 1 saturated carbocycles. The predicted molar refractivity (Wildman–Crippen MR) is 121 cm³/mol. The SMILES string of the molecule is COC[C@H](C)Nc1ncc2c(-c3cnn(CCC#N)c3)cc(C3CCC(C)(O)CC3)n2n1. The lowest BCUT2D eigenvalue weighted by Crippen LogP contribution is -2.30. The van der Waals surface area contributed by atoms with Gasteiger partial charge in [0.15, 0.2) is 0 Å². The number of fused-ring (bicyclic) bond motifs is 1. The van der Waals surface area contributed by atoms with Crippen molar-refractivity contribution < 1.29 is 9.84 Å². The maximum absolute atomic E-state index is 10.4. The molecule has 3 heterocycles. The summed E-state index contributed by atoms with van der Waals surface area (Å²) in [7, 11) is 1.67. The minimum atomic E-state index is -0.592. The highest BCUT2D eigenvalue weighted by atomic mass is 16.5. The summed E-state index contributed by atoms with van der Waals surface area (Å²) in [5, 5.41) is 31.8. The van der Waals surface area contributed by atoms with Crippen molar-refractivity contribution in [1.82, 2.24) is 24.4 Å². The Morgan fingerprint density at radius 2 is 2.16 bits per heavy atom. The van der Waals surface area contributed by atoms with Crippen molar-refractivity contribution in [2.45, 2.75) is 70.1 Å². The van der Waals surface area contributed by atoms with E-state index in [2.05, 4.69) is 27.5 Å². The molecule has 9 nitrogen and oxygen atoms in total. The van der Waals surface area contributed by atoms with Gasteiger partial charge >= 0.3 is 0 Å². The summed E-state index contributed by atoms with van der Waals surface area (Å²) in [5.41, 5.74) is 3.46. The summed E-state index contributed by atoms with van der Waals surface area (Å²) in [5.74, 6) is 0.863. The lowest BCUT2D eigenvalue weighted by molar-refractivity contribution is 0.0167. The van der Waals surface area contributed by atoms with Crippen LogP contribution in [0.1, 0.15) is 57.6 Å². The van der Waals surface area contributed by atoms with Crippen LogP contribution in [0.3, 0.4) is 0 Å². The highest BCUT2D eigenvalue weighted by molar-refractivity contribution is 5.81. The Labute approximate surface area is 188 Å². The van der Waals surface area contributed by atoms with Crippen LogP contribution in [-0.2, 0) is 11.3 Å². The van der Waals surface area contributed by atoms with Crippen molar-refractivity contribution in [3.63, 3.8) is 0 Å². The summed E-state index contributed by atoms with van der Waals surface area (Å²) in [6.45, 7) is 5.07. The van der Waals surface area contributed by atoms with Crippen LogP contribution in [0.15, 0.2) is 24.7 Å². The first-order valence-electron chi connectivity index (χ1n) is 11.2. The average molecular weight is 438 g/mol. The summed E-state index contributed by atoms with van der Waals surface area (Å²) in [6, 6.07) is 4.42. The topological polar surface area (TPSA) is 113 Å². The molecule has 3 aromatic heterocycles. The van der Waals surface area contributed by atoms with E-state index in [1.807, 2.05) is 37.0 Å². The minimum Gasteiger partial charge on any atom is -0.390 e. The molecule has 0 bridgehead atoms. The number of nitrogens with zero attached hydrogens (tertiary/aromatic N) is 6. The molecular formula is C23H31N7O2. The number of aliphatic hydroxyl groups is 1. The molecule has 0 saturated heterocycles. The number of nitriles is 1. The van der Waals surface area contributed by atoms with Crippen molar-refractivity contribution in [3.05, 3.63) is 30.4 Å².